The third-order valence-electron chi connectivity index (χ3n) is 21.9. The maximum absolute atomic E-state index is 7.05. The number of nitrogens with zero attached hydrogens (tertiary/aromatic N) is 2. The monoisotopic (exact) mass is 1760 g/mol. The summed E-state index contributed by atoms with van der Waals surface area (Å²) < 4.78 is 93.4. The molecule has 0 saturated carbocycles. The van der Waals surface area contributed by atoms with Gasteiger partial charge in [-0.05, 0) is 200 Å². The average molecular weight is 1760 g/mol. The second-order valence-electron chi connectivity index (χ2n) is 32.8. The molecular formula is C117H104N2O14. The van der Waals surface area contributed by atoms with Crippen LogP contribution in [-0.2, 0) is 99.0 Å². The van der Waals surface area contributed by atoms with Gasteiger partial charge in [-0.15, -0.1) is 0 Å². The molecule has 0 aliphatic carbocycles. The molecule has 16 aromatic carbocycles. The van der Waals surface area contributed by atoms with Crippen LogP contribution < -0.4 is 71.2 Å². The van der Waals surface area contributed by atoms with E-state index < -0.39 is 0 Å². The van der Waals surface area contributed by atoms with Crippen molar-refractivity contribution in [1.82, 2.24) is 4.90 Å². The second-order valence-corrected chi connectivity index (χ2v) is 32.8. The van der Waals surface area contributed by atoms with E-state index in [9.17, 15) is 0 Å². The number of aryl methyl sites for hydroxylation is 3. The fraction of sp³-hybridized carbons (Fsp3) is 0.154. The average Bonchev–Trinajstić information content (AvgIpc) is 1.79. The minimum Gasteiger partial charge on any atom is -0.489 e. The Kier molecular flexibility index (Phi) is 30.4. The molecule has 2 radical (unpaired) electrons. The van der Waals surface area contributed by atoms with Gasteiger partial charge in [0.25, 0.3) is 0 Å². The standard InChI is InChI=1S/C117H104N2O14/c1-85-46-86(2)117(87(3)47-85)119-45-44-118(84-119)69-96-48-103(128-78-101-58-113(130-80-97-50-105(120-70-88-28-12-4-13-29-88)63-106(51-97)121-71-89-30-14-5-15-31-89)67-114(59-101)131-81-98-52-107(122-72-90-32-16-6-17-33-90)64-108(53-98)123-73-91-34-18-7-19-35-91)62-104(49-96)129-79-102-60-115(132-82-99-54-109(124-74-92-36-20-8-21-37-92)65-110(55-99)125-75-93-38-22-9-23-39-93)68-116(61-102)133-83-100-56-111(126-76-94-40-24-10-25-41-94)66-112(57-100)127-77-95-42-26-11-27-43-95/h4-68H,69-83H2,1-3H3. The van der Waals surface area contributed by atoms with E-state index in [2.05, 4.69) is 44.5 Å². The molecule has 17 rings (SSSR count). The fourth-order valence-electron chi connectivity index (χ4n) is 15.4. The molecule has 1 heterocycles. The molecule has 0 bridgehead atoms. The minimum atomic E-state index is 0.0874. The summed E-state index contributed by atoms with van der Waals surface area (Å²) >= 11 is 0. The Hall–Kier alpha value is -15.9. The van der Waals surface area contributed by atoms with E-state index in [1.165, 1.54) is 5.56 Å². The summed E-state index contributed by atoms with van der Waals surface area (Å²) in [5.74, 6) is 8.31. The molecule has 0 atom stereocenters. The second kappa shape index (κ2) is 45.4. The molecule has 0 saturated heterocycles. The van der Waals surface area contributed by atoms with Crippen LogP contribution in [0.5, 0.6) is 80.5 Å². The van der Waals surface area contributed by atoms with Crippen molar-refractivity contribution in [2.75, 3.05) is 4.90 Å². The van der Waals surface area contributed by atoms with E-state index in [0.29, 0.717) is 140 Å². The van der Waals surface area contributed by atoms with Gasteiger partial charge in [-0.3, -0.25) is 0 Å². The number of ether oxygens (including phenoxy) is 14. The first kappa shape index (κ1) is 89.1. The Bertz CT molecular complexity index is 5520. The van der Waals surface area contributed by atoms with Gasteiger partial charge in [0, 0.05) is 67.1 Å². The van der Waals surface area contributed by atoms with Crippen molar-refractivity contribution in [1.29, 1.82) is 0 Å². The first-order chi connectivity index (χ1) is 65.4. The number of benzene rings is 16. The largest absolute Gasteiger partial charge is 0.489 e. The van der Waals surface area contributed by atoms with Gasteiger partial charge in [0.2, 0.25) is 6.67 Å². The summed E-state index contributed by atoms with van der Waals surface area (Å²) in [6.07, 6.45) is 4.08. The van der Waals surface area contributed by atoms with Crippen molar-refractivity contribution < 1.29 is 66.3 Å². The predicted octanol–water partition coefficient (Wildman–Crippen LogP) is 26.5. The van der Waals surface area contributed by atoms with Crippen LogP contribution >= 0.6 is 0 Å². The first-order valence-corrected chi connectivity index (χ1v) is 44.6. The van der Waals surface area contributed by atoms with E-state index in [1.807, 2.05) is 387 Å². The van der Waals surface area contributed by atoms with Crippen molar-refractivity contribution in [3.63, 3.8) is 0 Å². The van der Waals surface area contributed by atoms with Gasteiger partial charge in [-0.2, -0.15) is 0 Å². The minimum absolute atomic E-state index is 0.0874. The summed E-state index contributed by atoms with van der Waals surface area (Å²) in [5.41, 5.74) is 18.6. The van der Waals surface area contributed by atoms with Crippen molar-refractivity contribution in [3.05, 3.63) is 501 Å². The zero-order valence-corrected chi connectivity index (χ0v) is 74.7. The normalized spacial score (nSPS) is 11.5. The predicted molar refractivity (Wildman–Crippen MR) is 518 cm³/mol. The van der Waals surface area contributed by atoms with E-state index >= 15 is 0 Å². The van der Waals surface area contributed by atoms with Crippen molar-refractivity contribution >= 4 is 5.69 Å². The van der Waals surface area contributed by atoms with Gasteiger partial charge in [0.1, 0.15) is 173 Å². The summed E-state index contributed by atoms with van der Waals surface area (Å²) in [6, 6.07) is 126. The Labute approximate surface area is 778 Å². The topological polar surface area (TPSA) is 136 Å². The summed E-state index contributed by atoms with van der Waals surface area (Å²) in [7, 11) is 0. The van der Waals surface area contributed by atoms with Crippen molar-refractivity contribution in [2.45, 2.75) is 120 Å². The zero-order valence-electron chi connectivity index (χ0n) is 74.7. The van der Waals surface area contributed by atoms with E-state index in [0.717, 1.165) is 100 Å². The van der Waals surface area contributed by atoms with Gasteiger partial charge in [-0.25, -0.2) is 0 Å². The summed E-state index contributed by atoms with van der Waals surface area (Å²) in [5, 5.41) is 0. The van der Waals surface area contributed by atoms with Crippen molar-refractivity contribution in [2.24, 2.45) is 0 Å². The summed E-state index contributed by atoms with van der Waals surface area (Å²) in [6.45, 7) is 14.1. The molecule has 0 spiro atoms. The highest BCUT2D eigenvalue weighted by Gasteiger charge is 2.23. The van der Waals surface area contributed by atoms with E-state index in [4.69, 9.17) is 66.3 Å². The van der Waals surface area contributed by atoms with Gasteiger partial charge in [0.15, 0.2) is 0 Å². The zero-order chi connectivity index (χ0) is 90.4. The molecule has 0 N–H and O–H groups in total. The molecule has 0 unspecified atom stereocenters. The molecule has 1 aliphatic rings. The lowest BCUT2D eigenvalue weighted by Crippen LogP contribution is -2.20. The molecule has 0 amide bonds. The van der Waals surface area contributed by atoms with Gasteiger partial charge in [-0.1, -0.05) is 260 Å². The first-order valence-electron chi connectivity index (χ1n) is 44.6. The molecule has 16 nitrogen and oxygen atoms in total. The molecule has 133 heavy (non-hydrogen) atoms. The SMILES string of the molecule is Cc1cc(C)c(N2[C]N(Cc3cc(OCc4cc(OCc5cc(OCc6ccccc6)cc(OCc6ccccc6)c5)cc(OCc5cc(OCc6ccccc6)cc(OCc6ccccc6)c5)c4)cc(OCc4cc(OCc5cc(OCc6ccccc6)cc(OCc6ccccc6)c5)cc(OCc5cc(OCc6ccccc6)cc(OCc6ccccc6)c5)c4)c3)C=C2)c(C)c1. The quantitative estimate of drug-likeness (QED) is 0.0358. The van der Waals surface area contributed by atoms with Crippen LogP contribution in [0.4, 0.5) is 5.69 Å². The van der Waals surface area contributed by atoms with Gasteiger partial charge < -0.3 is 76.1 Å². The Morgan fingerprint density at radius 3 is 0.504 bits per heavy atom. The summed E-state index contributed by atoms with van der Waals surface area (Å²) in [4.78, 5) is 4.09. The molecule has 0 aromatic heterocycles. The third kappa shape index (κ3) is 27.3. The smallest absolute Gasteiger partial charge is 0.213 e. The molecule has 0 fully saturated rings. The molecule has 666 valence electrons. The van der Waals surface area contributed by atoms with Crippen LogP contribution in [0.2, 0.25) is 0 Å². The number of rotatable bonds is 45. The fourth-order valence-corrected chi connectivity index (χ4v) is 15.4. The highest BCUT2D eigenvalue weighted by molar-refractivity contribution is 5.64. The lowest BCUT2D eigenvalue weighted by atomic mass is 10.0. The molecule has 16 aromatic rings. The van der Waals surface area contributed by atoms with Crippen molar-refractivity contribution in [3.8, 4) is 80.5 Å². The third-order valence-corrected chi connectivity index (χ3v) is 21.9. The molecule has 16 heteroatoms. The van der Waals surface area contributed by atoms with Crippen LogP contribution in [0.1, 0.15) is 100 Å². The maximum atomic E-state index is 7.05. The molecular weight excluding hydrogens is 1660 g/mol. The van der Waals surface area contributed by atoms with Crippen LogP contribution in [0.15, 0.2) is 395 Å². The lowest BCUT2D eigenvalue weighted by Gasteiger charge is -2.23. The van der Waals surface area contributed by atoms with E-state index in [-0.39, 0.29) is 39.6 Å². The Morgan fingerprint density at radius 1 is 0.173 bits per heavy atom. The lowest BCUT2D eigenvalue weighted by molar-refractivity contribution is 0.270. The highest BCUT2D eigenvalue weighted by atomic mass is 16.5. The van der Waals surface area contributed by atoms with Gasteiger partial charge >= 0.3 is 0 Å². The van der Waals surface area contributed by atoms with Crippen LogP contribution in [0.3, 0.4) is 0 Å². The number of hydrogen-bond acceptors (Lipinski definition) is 16. The maximum Gasteiger partial charge on any atom is 0.213 e. The Morgan fingerprint density at radius 2 is 0.331 bits per heavy atom. The van der Waals surface area contributed by atoms with Crippen LogP contribution in [-0.4, -0.2) is 4.90 Å². The van der Waals surface area contributed by atoms with Crippen LogP contribution in [0, 0.1) is 27.4 Å². The number of anilines is 1. The highest BCUT2D eigenvalue weighted by Crippen LogP contribution is 2.38. The Balaban J connectivity index is 0.685. The molecule has 1 aliphatic heterocycles. The van der Waals surface area contributed by atoms with E-state index in [1.54, 1.807) is 0 Å². The van der Waals surface area contributed by atoms with Gasteiger partial charge in [0.05, 0.1) is 0 Å². The van der Waals surface area contributed by atoms with Crippen LogP contribution in [0.25, 0.3) is 0 Å². The number of hydrogen-bond donors (Lipinski definition) is 0.